The average molecular weight is 214 g/mol. The molecule has 2 nitrogen and oxygen atoms in total. The Morgan fingerprint density at radius 1 is 1.20 bits per heavy atom. The zero-order valence-corrected chi connectivity index (χ0v) is 11.0. The van der Waals surface area contributed by atoms with Gasteiger partial charge < -0.3 is 10.6 Å². The van der Waals surface area contributed by atoms with Gasteiger partial charge in [-0.3, -0.25) is 0 Å². The van der Waals surface area contributed by atoms with Crippen molar-refractivity contribution in [3.8, 4) is 0 Å². The summed E-state index contributed by atoms with van der Waals surface area (Å²) in [7, 11) is 0. The Bertz CT molecular complexity index is 118. The van der Waals surface area contributed by atoms with Gasteiger partial charge in [-0.05, 0) is 64.2 Å². The highest BCUT2D eigenvalue weighted by atomic mass is 15.1. The molecule has 1 heterocycles. The molecule has 0 aromatic rings. The smallest absolute Gasteiger partial charge is 0.00161 e. The lowest BCUT2D eigenvalue weighted by Crippen LogP contribution is -2.34. The summed E-state index contributed by atoms with van der Waals surface area (Å²) in [6, 6.07) is 0. The van der Waals surface area contributed by atoms with Crippen molar-refractivity contribution in [1.82, 2.24) is 4.90 Å². The molecule has 0 bridgehead atoms. The lowest BCUT2D eigenvalue weighted by molar-refractivity contribution is 0.178. The van der Waals surface area contributed by atoms with Crippen molar-refractivity contribution in [3.63, 3.8) is 0 Å². The molecule has 0 atom stereocenters. The van der Waals surface area contributed by atoms with E-state index >= 15 is 0 Å². The van der Waals surface area contributed by atoms with Crippen molar-refractivity contribution < 1.29 is 0 Å². The van der Waals surface area contributed by atoms with E-state index in [1.807, 2.05) is 13.8 Å². The van der Waals surface area contributed by atoms with E-state index in [-0.39, 0.29) is 0 Å². The molecule has 2 N–H and O–H groups in total. The molecule has 0 spiro atoms. The summed E-state index contributed by atoms with van der Waals surface area (Å²) in [6.45, 7) is 11.1. The molecule has 2 heteroatoms. The predicted molar refractivity (Wildman–Crippen MR) is 69.1 cm³/mol. The average Bonchev–Trinajstić information content (AvgIpc) is 2.31. The van der Waals surface area contributed by atoms with E-state index in [9.17, 15) is 0 Å². The van der Waals surface area contributed by atoms with Gasteiger partial charge in [-0.2, -0.15) is 0 Å². The first-order valence-corrected chi connectivity index (χ1v) is 6.79. The number of rotatable bonds is 5. The van der Waals surface area contributed by atoms with Crippen LogP contribution in [0.1, 0.15) is 52.9 Å². The van der Waals surface area contributed by atoms with Gasteiger partial charge in [0, 0.05) is 0 Å². The molecular weight excluding hydrogens is 184 g/mol. The second-order valence-corrected chi connectivity index (χ2v) is 4.22. The SMILES string of the molecule is CC.CCCN1CCC(CCCN)CC1. The molecular formula is C13H30N2. The van der Waals surface area contributed by atoms with Gasteiger partial charge in [-0.25, -0.2) is 0 Å². The lowest BCUT2D eigenvalue weighted by Gasteiger charge is -2.31. The fourth-order valence-electron chi connectivity index (χ4n) is 2.22. The predicted octanol–water partition coefficient (Wildman–Crippen LogP) is 2.87. The molecule has 1 aliphatic heterocycles. The van der Waals surface area contributed by atoms with Crippen LogP contribution in [-0.2, 0) is 0 Å². The largest absolute Gasteiger partial charge is 0.330 e. The molecule has 0 amide bonds. The van der Waals surface area contributed by atoms with Crippen LogP contribution >= 0.6 is 0 Å². The Hall–Kier alpha value is -0.0800. The van der Waals surface area contributed by atoms with E-state index in [0.29, 0.717) is 0 Å². The van der Waals surface area contributed by atoms with Gasteiger partial charge in [0.05, 0.1) is 0 Å². The third kappa shape index (κ3) is 6.91. The molecule has 1 aliphatic rings. The summed E-state index contributed by atoms with van der Waals surface area (Å²) in [5.74, 6) is 0.969. The van der Waals surface area contributed by atoms with Gasteiger partial charge in [0.25, 0.3) is 0 Å². The second kappa shape index (κ2) is 10.4. The molecule has 92 valence electrons. The van der Waals surface area contributed by atoms with E-state index in [2.05, 4.69) is 11.8 Å². The maximum atomic E-state index is 5.51. The van der Waals surface area contributed by atoms with Crippen LogP contribution in [0.2, 0.25) is 0 Å². The zero-order chi connectivity index (χ0) is 11.5. The molecule has 1 fully saturated rings. The van der Waals surface area contributed by atoms with Crippen LogP contribution in [0.3, 0.4) is 0 Å². The van der Waals surface area contributed by atoms with E-state index in [0.717, 1.165) is 12.5 Å². The van der Waals surface area contributed by atoms with E-state index in [1.165, 1.54) is 51.7 Å². The summed E-state index contributed by atoms with van der Waals surface area (Å²) in [5.41, 5.74) is 5.51. The van der Waals surface area contributed by atoms with E-state index in [1.54, 1.807) is 0 Å². The molecule has 0 radical (unpaired) electrons. The first kappa shape index (κ1) is 14.9. The van der Waals surface area contributed by atoms with Gasteiger partial charge in [-0.15, -0.1) is 0 Å². The van der Waals surface area contributed by atoms with E-state index < -0.39 is 0 Å². The van der Waals surface area contributed by atoms with Gasteiger partial charge in [0.1, 0.15) is 0 Å². The topological polar surface area (TPSA) is 29.3 Å². The van der Waals surface area contributed by atoms with Gasteiger partial charge in [0.15, 0.2) is 0 Å². The van der Waals surface area contributed by atoms with Crippen molar-refractivity contribution >= 4 is 0 Å². The van der Waals surface area contributed by atoms with Crippen LogP contribution in [0.4, 0.5) is 0 Å². The zero-order valence-electron chi connectivity index (χ0n) is 11.0. The highest BCUT2D eigenvalue weighted by Crippen LogP contribution is 2.21. The number of nitrogens with two attached hydrogens (primary N) is 1. The molecule has 0 saturated carbocycles. The van der Waals surface area contributed by atoms with Crippen LogP contribution in [0.25, 0.3) is 0 Å². The normalized spacial score (nSPS) is 18.4. The minimum Gasteiger partial charge on any atom is -0.330 e. The molecule has 0 aromatic heterocycles. The molecule has 1 rings (SSSR count). The summed E-state index contributed by atoms with van der Waals surface area (Å²) < 4.78 is 0. The van der Waals surface area contributed by atoms with Gasteiger partial charge in [-0.1, -0.05) is 20.8 Å². The fraction of sp³-hybridized carbons (Fsp3) is 1.00. The summed E-state index contributed by atoms with van der Waals surface area (Å²) in [5, 5.41) is 0. The second-order valence-electron chi connectivity index (χ2n) is 4.22. The van der Waals surface area contributed by atoms with Crippen LogP contribution in [-0.4, -0.2) is 31.1 Å². The molecule has 0 aromatic carbocycles. The Morgan fingerprint density at radius 3 is 2.27 bits per heavy atom. The summed E-state index contributed by atoms with van der Waals surface area (Å²) >= 11 is 0. The highest BCUT2D eigenvalue weighted by Gasteiger charge is 2.17. The van der Waals surface area contributed by atoms with E-state index in [4.69, 9.17) is 5.73 Å². The lowest BCUT2D eigenvalue weighted by atomic mass is 9.92. The Kier molecular flexibility index (Phi) is 10.4. The highest BCUT2D eigenvalue weighted by molar-refractivity contribution is 4.71. The minimum atomic E-state index is 0.870. The fourth-order valence-corrected chi connectivity index (χ4v) is 2.22. The number of hydrogen-bond donors (Lipinski definition) is 1. The van der Waals surface area contributed by atoms with Crippen molar-refractivity contribution in [3.05, 3.63) is 0 Å². The van der Waals surface area contributed by atoms with Crippen molar-refractivity contribution in [1.29, 1.82) is 0 Å². The minimum absolute atomic E-state index is 0.870. The maximum absolute atomic E-state index is 5.51. The third-order valence-electron chi connectivity index (χ3n) is 3.06. The van der Waals surface area contributed by atoms with Crippen molar-refractivity contribution in [2.45, 2.75) is 52.9 Å². The first-order valence-electron chi connectivity index (χ1n) is 6.79. The van der Waals surface area contributed by atoms with Crippen LogP contribution in [0.15, 0.2) is 0 Å². The molecule has 15 heavy (non-hydrogen) atoms. The van der Waals surface area contributed by atoms with Crippen LogP contribution in [0, 0.1) is 5.92 Å². The number of likely N-dealkylation sites (tertiary alicyclic amines) is 1. The Balaban J connectivity index is 0.000000921. The molecule has 0 unspecified atom stereocenters. The van der Waals surface area contributed by atoms with Crippen molar-refractivity contribution in [2.24, 2.45) is 11.7 Å². The number of nitrogens with zero attached hydrogens (tertiary/aromatic N) is 1. The standard InChI is InChI=1S/C11H24N2.C2H6/c1-2-8-13-9-5-11(6-10-13)4-3-7-12;1-2/h11H,2-10,12H2,1H3;1-2H3. The Morgan fingerprint density at radius 2 is 1.80 bits per heavy atom. The maximum Gasteiger partial charge on any atom is -0.00161 e. The Labute approximate surface area is 96.2 Å². The molecule has 0 aliphatic carbocycles. The van der Waals surface area contributed by atoms with Crippen LogP contribution < -0.4 is 5.73 Å². The first-order chi connectivity index (χ1) is 7.36. The summed E-state index contributed by atoms with van der Waals surface area (Å²) in [6.07, 6.45) is 6.68. The van der Waals surface area contributed by atoms with Crippen molar-refractivity contribution in [2.75, 3.05) is 26.2 Å². The van der Waals surface area contributed by atoms with Crippen LogP contribution in [0.5, 0.6) is 0 Å². The molecule has 1 saturated heterocycles. The third-order valence-corrected chi connectivity index (χ3v) is 3.06. The van der Waals surface area contributed by atoms with Gasteiger partial charge >= 0.3 is 0 Å². The monoisotopic (exact) mass is 214 g/mol. The number of piperidine rings is 1. The quantitative estimate of drug-likeness (QED) is 0.762. The van der Waals surface area contributed by atoms with Gasteiger partial charge in [0.2, 0.25) is 0 Å². The number of hydrogen-bond acceptors (Lipinski definition) is 2. The summed E-state index contributed by atoms with van der Waals surface area (Å²) in [4.78, 5) is 2.60.